The van der Waals surface area contributed by atoms with E-state index in [9.17, 15) is 9.59 Å². The first-order valence-electron chi connectivity index (χ1n) is 9.30. The molecule has 6 fully saturated rings. The molecule has 7 heteroatoms. The predicted molar refractivity (Wildman–Crippen MR) is 82.7 cm³/mol. The molecular formula is C18H24O7. The van der Waals surface area contributed by atoms with Gasteiger partial charge in [0.25, 0.3) is 0 Å². The third-order valence-electron chi connectivity index (χ3n) is 6.33. The Labute approximate surface area is 146 Å². The number of carbonyl (C=O) groups is 2. The van der Waals surface area contributed by atoms with Crippen molar-refractivity contribution in [3.05, 3.63) is 0 Å². The molecule has 2 saturated heterocycles. The van der Waals surface area contributed by atoms with Crippen molar-refractivity contribution in [3.8, 4) is 0 Å². The lowest BCUT2D eigenvalue weighted by Crippen LogP contribution is -2.60. The first kappa shape index (κ1) is 15.9. The van der Waals surface area contributed by atoms with Gasteiger partial charge in [0, 0.05) is 6.42 Å². The molecule has 2 aliphatic heterocycles. The Morgan fingerprint density at radius 1 is 0.920 bits per heavy atom. The van der Waals surface area contributed by atoms with E-state index in [1.165, 1.54) is 0 Å². The fourth-order valence-corrected chi connectivity index (χ4v) is 5.55. The van der Waals surface area contributed by atoms with Gasteiger partial charge in [0.15, 0.2) is 0 Å². The summed E-state index contributed by atoms with van der Waals surface area (Å²) in [4.78, 5) is 24.9. The molecule has 0 aromatic rings. The molecule has 7 nitrogen and oxygen atoms in total. The van der Waals surface area contributed by atoms with E-state index < -0.39 is 17.2 Å². The highest BCUT2D eigenvalue weighted by atomic mass is 16.7. The van der Waals surface area contributed by atoms with Crippen molar-refractivity contribution in [2.75, 3.05) is 26.4 Å². The van der Waals surface area contributed by atoms with Gasteiger partial charge in [0.05, 0.1) is 18.6 Å². The smallest absolute Gasteiger partial charge is 0.462 e. The summed E-state index contributed by atoms with van der Waals surface area (Å²) in [5.74, 6) is 0.709. The van der Waals surface area contributed by atoms with Crippen LogP contribution in [0.2, 0.25) is 0 Å². The number of hydrogen-bond acceptors (Lipinski definition) is 7. The second-order valence-electron chi connectivity index (χ2n) is 8.60. The van der Waals surface area contributed by atoms with Crippen LogP contribution < -0.4 is 0 Å². The third kappa shape index (κ3) is 3.12. The van der Waals surface area contributed by atoms with Gasteiger partial charge in [-0.2, -0.15) is 0 Å². The number of esters is 1. The molecule has 138 valence electrons. The Morgan fingerprint density at radius 3 is 2.12 bits per heavy atom. The lowest BCUT2D eigenvalue weighted by molar-refractivity contribution is -0.200. The van der Waals surface area contributed by atoms with Crippen LogP contribution in [0.3, 0.4) is 0 Å². The maximum absolute atomic E-state index is 12.8. The second-order valence-corrected chi connectivity index (χ2v) is 8.60. The van der Waals surface area contributed by atoms with E-state index in [4.69, 9.17) is 23.7 Å². The molecule has 25 heavy (non-hydrogen) atoms. The Morgan fingerprint density at radius 2 is 1.52 bits per heavy atom. The molecule has 6 aliphatic rings. The summed E-state index contributed by atoms with van der Waals surface area (Å²) in [6.45, 7) is 1.90. The van der Waals surface area contributed by atoms with E-state index in [0.29, 0.717) is 38.1 Å². The quantitative estimate of drug-likeness (QED) is 0.532. The van der Waals surface area contributed by atoms with Crippen LogP contribution in [0.5, 0.6) is 0 Å². The van der Waals surface area contributed by atoms with Crippen molar-refractivity contribution < 1.29 is 33.3 Å². The van der Waals surface area contributed by atoms with Gasteiger partial charge in [-0.15, -0.1) is 0 Å². The Kier molecular flexibility index (Phi) is 3.54. The minimum Gasteiger partial charge on any atom is -0.462 e. The minimum absolute atomic E-state index is 0.0230. The van der Waals surface area contributed by atoms with E-state index in [1.807, 2.05) is 0 Å². The summed E-state index contributed by atoms with van der Waals surface area (Å²) in [6.07, 6.45) is 4.51. The summed E-state index contributed by atoms with van der Waals surface area (Å²) >= 11 is 0. The zero-order chi connectivity index (χ0) is 17.1. The van der Waals surface area contributed by atoms with Crippen LogP contribution in [0.1, 0.15) is 38.5 Å². The summed E-state index contributed by atoms with van der Waals surface area (Å²) in [6, 6.07) is 0. The van der Waals surface area contributed by atoms with Crippen molar-refractivity contribution in [3.63, 3.8) is 0 Å². The van der Waals surface area contributed by atoms with E-state index >= 15 is 0 Å². The molecule has 0 N–H and O–H groups in total. The molecule has 0 aromatic heterocycles. The monoisotopic (exact) mass is 352 g/mol. The van der Waals surface area contributed by atoms with E-state index in [1.54, 1.807) is 0 Å². The van der Waals surface area contributed by atoms with Gasteiger partial charge in [0.2, 0.25) is 0 Å². The topological polar surface area (TPSA) is 86.9 Å². The van der Waals surface area contributed by atoms with Crippen molar-refractivity contribution in [1.29, 1.82) is 0 Å². The molecule has 4 aliphatic carbocycles. The Bertz CT molecular complexity index is 566. The lowest BCUT2D eigenvalue weighted by atomic mass is 9.48. The first-order valence-corrected chi connectivity index (χ1v) is 9.30. The average molecular weight is 352 g/mol. The van der Waals surface area contributed by atoms with Crippen LogP contribution in [0.4, 0.5) is 4.79 Å². The van der Waals surface area contributed by atoms with Crippen molar-refractivity contribution in [1.82, 2.24) is 0 Å². The van der Waals surface area contributed by atoms with E-state index in [0.717, 1.165) is 32.1 Å². The van der Waals surface area contributed by atoms with Gasteiger partial charge in [-0.3, -0.25) is 4.79 Å². The summed E-state index contributed by atoms with van der Waals surface area (Å²) in [5, 5.41) is 0. The molecule has 0 amide bonds. The van der Waals surface area contributed by atoms with Gasteiger partial charge in [-0.1, -0.05) is 0 Å². The van der Waals surface area contributed by atoms with Gasteiger partial charge in [-0.25, -0.2) is 4.79 Å². The van der Waals surface area contributed by atoms with Gasteiger partial charge < -0.3 is 23.7 Å². The van der Waals surface area contributed by atoms with Crippen molar-refractivity contribution >= 4 is 12.1 Å². The minimum atomic E-state index is -0.632. The van der Waals surface area contributed by atoms with Crippen LogP contribution in [-0.2, 0) is 28.5 Å². The van der Waals surface area contributed by atoms with Crippen LogP contribution in [0, 0.1) is 17.3 Å². The highest BCUT2D eigenvalue weighted by molar-refractivity contribution is 5.78. The largest absolute Gasteiger partial charge is 0.508 e. The fraction of sp³-hybridized carbons (Fsp3) is 0.889. The van der Waals surface area contributed by atoms with Crippen LogP contribution >= 0.6 is 0 Å². The Hall–Kier alpha value is -1.34. The normalized spacial score (nSPS) is 45.8. The summed E-state index contributed by atoms with van der Waals surface area (Å²) in [5.41, 5.74) is -1.07. The zero-order valence-corrected chi connectivity index (χ0v) is 14.2. The van der Waals surface area contributed by atoms with Crippen LogP contribution in [-0.4, -0.2) is 56.4 Å². The van der Waals surface area contributed by atoms with Crippen LogP contribution in [0.25, 0.3) is 0 Å². The molecule has 2 heterocycles. The molecule has 4 bridgehead atoms. The van der Waals surface area contributed by atoms with Crippen LogP contribution in [0.15, 0.2) is 0 Å². The maximum Gasteiger partial charge on any atom is 0.508 e. The number of hydrogen-bond donors (Lipinski definition) is 0. The average Bonchev–Trinajstić information content (AvgIpc) is 3.44. The van der Waals surface area contributed by atoms with Gasteiger partial charge in [-0.05, 0) is 43.9 Å². The predicted octanol–water partition coefficient (Wildman–Crippen LogP) is 1.82. The lowest BCUT2D eigenvalue weighted by Gasteiger charge is -2.59. The van der Waals surface area contributed by atoms with E-state index in [2.05, 4.69) is 0 Å². The fourth-order valence-electron chi connectivity index (χ4n) is 5.55. The molecule has 0 aromatic carbocycles. The SMILES string of the molecule is O=C(OCC1CO1)OC12CC3CC(C1)CC(C(=O)OCC1CO1)(C3)C2. The molecule has 4 saturated carbocycles. The number of carbonyl (C=O) groups excluding carboxylic acids is 2. The molecule has 4 unspecified atom stereocenters. The molecule has 4 atom stereocenters. The molecule has 0 spiro atoms. The summed E-state index contributed by atoms with van der Waals surface area (Å²) in [7, 11) is 0. The number of rotatable bonds is 6. The number of epoxide rings is 2. The molecular weight excluding hydrogens is 328 g/mol. The Balaban J connectivity index is 1.27. The van der Waals surface area contributed by atoms with Gasteiger partial charge in [0.1, 0.15) is 31.0 Å². The summed E-state index contributed by atoms with van der Waals surface area (Å²) < 4.78 is 26.7. The van der Waals surface area contributed by atoms with Crippen molar-refractivity contribution in [2.45, 2.75) is 56.3 Å². The maximum atomic E-state index is 12.8. The third-order valence-corrected chi connectivity index (χ3v) is 6.33. The van der Waals surface area contributed by atoms with E-state index in [-0.39, 0.29) is 24.8 Å². The molecule has 6 rings (SSSR count). The number of ether oxygens (including phenoxy) is 5. The molecule has 0 radical (unpaired) electrons. The standard InChI is InChI=1S/C18H24O7/c19-15(23-8-13-6-21-13)17-2-11-1-12(3-17)5-18(4-11,10-17)25-16(20)24-9-14-7-22-14/h11-14H,1-10H2. The second kappa shape index (κ2) is 5.58. The van der Waals surface area contributed by atoms with Gasteiger partial charge >= 0.3 is 12.1 Å². The highest BCUT2D eigenvalue weighted by Crippen LogP contribution is 2.63. The first-order chi connectivity index (χ1) is 12.0. The zero-order valence-electron chi connectivity index (χ0n) is 14.2. The highest BCUT2D eigenvalue weighted by Gasteiger charge is 2.63. The van der Waals surface area contributed by atoms with Crippen molar-refractivity contribution in [2.24, 2.45) is 17.3 Å².